The molecule has 0 amide bonds. The van der Waals surface area contributed by atoms with Crippen LogP contribution in [0.3, 0.4) is 0 Å². The average molecular weight is 447 g/mol. The molecule has 0 aliphatic heterocycles. The summed E-state index contributed by atoms with van der Waals surface area (Å²) in [6, 6.07) is 13.0. The molecule has 0 aliphatic carbocycles. The van der Waals surface area contributed by atoms with Crippen molar-refractivity contribution in [3.8, 4) is 17.0 Å². The SMILES string of the molecule is COc1cc(F)c(F)c2c1cc(C)n2CCNc1cc(-c2ccc3c(ccn3C)c2)ncn1. The molecule has 6 nitrogen and oxygen atoms in total. The molecule has 3 aromatic heterocycles. The molecule has 1 N–H and O–H groups in total. The van der Waals surface area contributed by atoms with E-state index in [1.165, 1.54) is 13.4 Å². The highest BCUT2D eigenvalue weighted by Gasteiger charge is 2.18. The van der Waals surface area contributed by atoms with E-state index in [1.54, 1.807) is 10.6 Å². The topological polar surface area (TPSA) is 56.9 Å². The molecule has 0 atom stereocenters. The van der Waals surface area contributed by atoms with Crippen LogP contribution in [0.5, 0.6) is 5.75 Å². The van der Waals surface area contributed by atoms with E-state index in [0.29, 0.717) is 30.0 Å². The first kappa shape index (κ1) is 20.9. The minimum absolute atomic E-state index is 0.200. The second-order valence-corrected chi connectivity index (χ2v) is 7.99. The molecule has 5 rings (SSSR count). The quantitative estimate of drug-likeness (QED) is 0.384. The van der Waals surface area contributed by atoms with E-state index in [0.717, 1.165) is 33.9 Å². The minimum atomic E-state index is -0.928. The fourth-order valence-electron chi connectivity index (χ4n) is 4.28. The van der Waals surface area contributed by atoms with Gasteiger partial charge in [0.25, 0.3) is 0 Å². The van der Waals surface area contributed by atoms with E-state index in [-0.39, 0.29) is 5.52 Å². The van der Waals surface area contributed by atoms with E-state index >= 15 is 0 Å². The number of methoxy groups -OCH3 is 1. The van der Waals surface area contributed by atoms with Gasteiger partial charge in [0.2, 0.25) is 0 Å². The molecule has 0 fully saturated rings. The molecular formula is C25H23F2N5O. The Hall–Kier alpha value is -3.94. The van der Waals surface area contributed by atoms with Gasteiger partial charge in [0.15, 0.2) is 11.6 Å². The summed E-state index contributed by atoms with van der Waals surface area (Å²) >= 11 is 0. The molecule has 0 bridgehead atoms. The number of anilines is 1. The van der Waals surface area contributed by atoms with Gasteiger partial charge in [0.1, 0.15) is 17.9 Å². The normalized spacial score (nSPS) is 11.4. The van der Waals surface area contributed by atoms with Crippen molar-refractivity contribution >= 4 is 27.6 Å². The number of aryl methyl sites for hydroxylation is 2. The van der Waals surface area contributed by atoms with Gasteiger partial charge < -0.3 is 19.2 Å². The summed E-state index contributed by atoms with van der Waals surface area (Å²) in [5, 5.41) is 4.96. The molecule has 0 saturated heterocycles. The molecule has 0 aliphatic rings. The van der Waals surface area contributed by atoms with Crippen LogP contribution < -0.4 is 10.1 Å². The molecular weight excluding hydrogens is 424 g/mol. The largest absolute Gasteiger partial charge is 0.496 e. The highest BCUT2D eigenvalue weighted by molar-refractivity contribution is 5.88. The van der Waals surface area contributed by atoms with Crippen LogP contribution in [0.2, 0.25) is 0 Å². The first-order chi connectivity index (χ1) is 16.0. The van der Waals surface area contributed by atoms with Crippen molar-refractivity contribution in [1.82, 2.24) is 19.1 Å². The summed E-state index contributed by atoms with van der Waals surface area (Å²) in [5.41, 5.74) is 3.97. The fraction of sp³-hybridized carbons (Fsp3) is 0.200. The molecule has 168 valence electrons. The third-order valence-electron chi connectivity index (χ3n) is 5.95. The zero-order valence-electron chi connectivity index (χ0n) is 18.6. The lowest BCUT2D eigenvalue weighted by Crippen LogP contribution is -2.13. The lowest BCUT2D eigenvalue weighted by Gasteiger charge is -2.12. The van der Waals surface area contributed by atoms with Gasteiger partial charge in [0.05, 0.1) is 18.3 Å². The molecule has 2 aromatic carbocycles. The third-order valence-corrected chi connectivity index (χ3v) is 5.95. The Labute approximate surface area is 189 Å². The average Bonchev–Trinajstić information content (AvgIpc) is 3.36. The van der Waals surface area contributed by atoms with Gasteiger partial charge in [-0.1, -0.05) is 6.07 Å². The summed E-state index contributed by atoms with van der Waals surface area (Å²) in [6.45, 7) is 2.75. The summed E-state index contributed by atoms with van der Waals surface area (Å²) < 4.78 is 37.7. The van der Waals surface area contributed by atoms with Crippen molar-refractivity contribution in [1.29, 1.82) is 0 Å². The molecule has 5 aromatic rings. The zero-order valence-corrected chi connectivity index (χ0v) is 18.6. The van der Waals surface area contributed by atoms with Crippen LogP contribution >= 0.6 is 0 Å². The Kier molecular flexibility index (Phi) is 5.20. The maximum absolute atomic E-state index is 14.6. The Morgan fingerprint density at radius 3 is 2.73 bits per heavy atom. The van der Waals surface area contributed by atoms with Gasteiger partial charge in [-0.15, -0.1) is 0 Å². The number of rotatable bonds is 6. The highest BCUT2D eigenvalue weighted by Crippen LogP contribution is 2.32. The minimum Gasteiger partial charge on any atom is -0.496 e. The smallest absolute Gasteiger partial charge is 0.183 e. The molecule has 8 heteroatoms. The molecule has 0 saturated carbocycles. The molecule has 0 unspecified atom stereocenters. The number of nitrogens with zero attached hydrogens (tertiary/aromatic N) is 4. The van der Waals surface area contributed by atoms with Crippen LogP contribution in [0, 0.1) is 18.6 Å². The molecule has 3 heterocycles. The van der Waals surface area contributed by atoms with Crippen LogP contribution in [0.1, 0.15) is 5.69 Å². The summed E-state index contributed by atoms with van der Waals surface area (Å²) in [4.78, 5) is 8.71. The highest BCUT2D eigenvalue weighted by atomic mass is 19.2. The van der Waals surface area contributed by atoms with Gasteiger partial charge in [-0.25, -0.2) is 18.7 Å². The summed E-state index contributed by atoms with van der Waals surface area (Å²) in [5.74, 6) is -0.831. The van der Waals surface area contributed by atoms with Crippen LogP contribution in [-0.4, -0.2) is 32.8 Å². The number of hydrogen-bond donors (Lipinski definition) is 1. The standard InChI is InChI=1S/C25H23F2N5O/c1-15-10-18-22(33-3)12-19(26)24(27)25(18)32(15)9-7-28-23-13-20(29-14-30-23)16-4-5-21-17(11-16)6-8-31(21)2/h4-6,8,10-14H,7,9H2,1-3H3,(H,28,29,30). The number of hydrogen-bond acceptors (Lipinski definition) is 4. The van der Waals surface area contributed by atoms with Crippen molar-refractivity contribution in [3.63, 3.8) is 0 Å². The summed E-state index contributed by atoms with van der Waals surface area (Å²) in [6.07, 6.45) is 3.54. The van der Waals surface area contributed by atoms with Crippen molar-refractivity contribution in [3.05, 3.63) is 72.3 Å². The van der Waals surface area contributed by atoms with Crippen molar-refractivity contribution < 1.29 is 13.5 Å². The molecule has 0 spiro atoms. The molecule has 0 radical (unpaired) electrons. The number of aromatic nitrogens is 4. The van der Waals surface area contributed by atoms with Crippen LogP contribution in [0.4, 0.5) is 14.6 Å². The number of benzene rings is 2. The predicted octanol–water partition coefficient (Wildman–Crippen LogP) is 5.30. The first-order valence-corrected chi connectivity index (χ1v) is 10.6. The van der Waals surface area contributed by atoms with Crippen LogP contribution in [0.15, 0.2) is 55.0 Å². The monoisotopic (exact) mass is 447 g/mol. The number of nitrogens with one attached hydrogen (secondary N) is 1. The van der Waals surface area contributed by atoms with E-state index in [1.807, 2.05) is 32.3 Å². The lowest BCUT2D eigenvalue weighted by atomic mass is 10.1. The fourth-order valence-corrected chi connectivity index (χ4v) is 4.28. The summed E-state index contributed by atoms with van der Waals surface area (Å²) in [7, 11) is 3.46. The number of ether oxygens (including phenoxy) is 1. The zero-order chi connectivity index (χ0) is 23.1. The molecule has 33 heavy (non-hydrogen) atoms. The number of fused-ring (bicyclic) bond motifs is 2. The Balaban J connectivity index is 1.37. The van der Waals surface area contributed by atoms with Gasteiger partial charge >= 0.3 is 0 Å². The van der Waals surface area contributed by atoms with Gasteiger partial charge in [-0.05, 0) is 31.2 Å². The number of halogens is 2. The van der Waals surface area contributed by atoms with E-state index in [9.17, 15) is 8.78 Å². The van der Waals surface area contributed by atoms with Crippen molar-refractivity contribution in [2.75, 3.05) is 19.0 Å². The maximum Gasteiger partial charge on any atom is 0.183 e. The van der Waals surface area contributed by atoms with Crippen LogP contribution in [0.25, 0.3) is 33.1 Å². The Morgan fingerprint density at radius 1 is 1.06 bits per heavy atom. The maximum atomic E-state index is 14.6. The van der Waals surface area contributed by atoms with Gasteiger partial charge in [0, 0.05) is 66.0 Å². The third kappa shape index (κ3) is 3.67. The lowest BCUT2D eigenvalue weighted by molar-refractivity contribution is 0.412. The van der Waals surface area contributed by atoms with Crippen molar-refractivity contribution in [2.24, 2.45) is 7.05 Å². The second kappa shape index (κ2) is 8.20. The predicted molar refractivity (Wildman–Crippen MR) is 126 cm³/mol. The second-order valence-electron chi connectivity index (χ2n) is 7.99. The van der Waals surface area contributed by atoms with E-state index in [2.05, 4.69) is 38.1 Å². The van der Waals surface area contributed by atoms with Gasteiger partial charge in [-0.2, -0.15) is 0 Å². The van der Waals surface area contributed by atoms with Gasteiger partial charge in [-0.3, -0.25) is 0 Å². The van der Waals surface area contributed by atoms with E-state index < -0.39 is 11.6 Å². The Morgan fingerprint density at radius 2 is 1.91 bits per heavy atom. The first-order valence-electron chi connectivity index (χ1n) is 10.6. The Bertz CT molecular complexity index is 1490. The van der Waals surface area contributed by atoms with Crippen LogP contribution in [-0.2, 0) is 13.6 Å². The van der Waals surface area contributed by atoms with E-state index in [4.69, 9.17) is 4.74 Å². The van der Waals surface area contributed by atoms with Crippen molar-refractivity contribution in [2.45, 2.75) is 13.5 Å².